The minimum atomic E-state index is -0.997. The fraction of sp³-hybridized carbons (Fsp3) is 0.125. The second-order valence-electron chi connectivity index (χ2n) is 8.07. The van der Waals surface area contributed by atoms with E-state index >= 15 is 0 Å². The summed E-state index contributed by atoms with van der Waals surface area (Å²) in [5, 5.41) is 22.1. The molecule has 2 aromatic carbocycles. The van der Waals surface area contributed by atoms with Crippen molar-refractivity contribution in [1.82, 2.24) is 9.55 Å². The smallest absolute Gasteiger partial charge is 0.362 e. The number of non-ortho nitro benzene ring substituents is 2. The number of esters is 1. The molecule has 0 radical (unpaired) electrons. The van der Waals surface area contributed by atoms with Crippen molar-refractivity contribution in [3.8, 4) is 5.88 Å². The summed E-state index contributed by atoms with van der Waals surface area (Å²) in [6.45, 7) is 1.61. The van der Waals surface area contributed by atoms with E-state index in [1.165, 1.54) is 59.2 Å². The number of ether oxygens (including phenoxy) is 1. The molecule has 1 unspecified atom stereocenters. The summed E-state index contributed by atoms with van der Waals surface area (Å²) in [5.74, 6) is -1.82. The van der Waals surface area contributed by atoms with Gasteiger partial charge in [-0.1, -0.05) is 12.1 Å². The molecular formula is C24H17N5O9. The quantitative estimate of drug-likeness (QED) is 0.220. The van der Waals surface area contributed by atoms with Crippen LogP contribution in [0.2, 0.25) is 0 Å². The van der Waals surface area contributed by atoms with Gasteiger partial charge < -0.3 is 19.3 Å². The topological polar surface area (TPSA) is 200 Å². The number of nitro groups is 2. The zero-order valence-corrected chi connectivity index (χ0v) is 19.5. The van der Waals surface area contributed by atoms with Gasteiger partial charge in [0.05, 0.1) is 22.4 Å². The predicted octanol–water partition coefficient (Wildman–Crippen LogP) is 1.51. The number of oxazole rings is 2. The molecule has 192 valence electrons. The summed E-state index contributed by atoms with van der Waals surface area (Å²) in [5.41, 5.74) is 5.40. The number of anilines is 1. The molecule has 4 aromatic rings. The first-order valence-corrected chi connectivity index (χ1v) is 11.1. The van der Waals surface area contributed by atoms with E-state index in [1.54, 1.807) is 6.92 Å². The number of nitrogens with zero attached hydrogens (tertiary/aromatic N) is 4. The molecule has 14 heteroatoms. The lowest BCUT2D eigenvalue weighted by molar-refractivity contribution is -0.385. The maximum Gasteiger partial charge on any atom is 0.362 e. The van der Waals surface area contributed by atoms with Crippen LogP contribution in [0.4, 0.5) is 17.4 Å². The average molecular weight is 519 g/mol. The fourth-order valence-corrected chi connectivity index (χ4v) is 4.21. The van der Waals surface area contributed by atoms with Crippen LogP contribution in [-0.2, 0) is 9.53 Å². The SMILES string of the molecule is CCOC(=O)C1=c2oc(=O)/c(=C\c3ccc([N+](=O)[O-])cc3)n2-c2oc(N)nc2C1c1ccc([N+](=O)[O-])cc1. The van der Waals surface area contributed by atoms with Gasteiger partial charge in [0.1, 0.15) is 16.6 Å². The third-order valence-electron chi connectivity index (χ3n) is 5.83. The lowest BCUT2D eigenvalue weighted by atomic mass is 9.87. The van der Waals surface area contributed by atoms with Crippen LogP contribution in [0.15, 0.2) is 62.2 Å². The Balaban J connectivity index is 1.82. The van der Waals surface area contributed by atoms with Crippen molar-refractivity contribution in [2.24, 2.45) is 0 Å². The van der Waals surface area contributed by atoms with E-state index < -0.39 is 27.4 Å². The molecule has 0 bridgehead atoms. The number of fused-ring (bicyclic) bond motifs is 3. The van der Waals surface area contributed by atoms with E-state index in [1.807, 2.05) is 0 Å². The van der Waals surface area contributed by atoms with Gasteiger partial charge in [-0.25, -0.2) is 14.2 Å². The highest BCUT2D eigenvalue weighted by atomic mass is 16.6. The van der Waals surface area contributed by atoms with Crippen molar-refractivity contribution in [2.45, 2.75) is 12.8 Å². The molecule has 3 heterocycles. The Morgan fingerprint density at radius 1 is 1.08 bits per heavy atom. The number of nitro benzene ring substituents is 2. The molecule has 2 aromatic heterocycles. The Bertz CT molecular complexity index is 1780. The largest absolute Gasteiger partial charge is 0.462 e. The van der Waals surface area contributed by atoms with Gasteiger partial charge in [0, 0.05) is 24.3 Å². The van der Waals surface area contributed by atoms with E-state index in [2.05, 4.69) is 4.98 Å². The highest BCUT2D eigenvalue weighted by molar-refractivity contribution is 6.12. The number of carbonyl (C=O) groups excluding carboxylic acids is 1. The average Bonchev–Trinajstić information content (AvgIpc) is 3.42. The van der Waals surface area contributed by atoms with Crippen LogP contribution in [0.5, 0.6) is 0 Å². The van der Waals surface area contributed by atoms with Crippen molar-refractivity contribution < 1.29 is 28.2 Å². The van der Waals surface area contributed by atoms with Gasteiger partial charge in [-0.05, 0) is 36.3 Å². The molecule has 2 N–H and O–H groups in total. The first kappa shape index (κ1) is 24.2. The third kappa shape index (κ3) is 3.99. The van der Waals surface area contributed by atoms with Gasteiger partial charge in [0.2, 0.25) is 11.4 Å². The second-order valence-corrected chi connectivity index (χ2v) is 8.07. The lowest BCUT2D eigenvalue weighted by Crippen LogP contribution is -2.37. The summed E-state index contributed by atoms with van der Waals surface area (Å²) in [6.07, 6.45) is 1.40. The first-order valence-electron chi connectivity index (χ1n) is 11.1. The molecule has 14 nitrogen and oxygen atoms in total. The molecule has 0 saturated heterocycles. The maximum atomic E-state index is 13.2. The van der Waals surface area contributed by atoms with E-state index in [0.29, 0.717) is 11.1 Å². The minimum Gasteiger partial charge on any atom is -0.462 e. The monoisotopic (exact) mass is 519 g/mol. The zero-order valence-electron chi connectivity index (χ0n) is 19.5. The number of aromatic nitrogens is 2. The first-order chi connectivity index (χ1) is 18.2. The number of rotatable bonds is 6. The van der Waals surface area contributed by atoms with Gasteiger partial charge >= 0.3 is 11.6 Å². The Hall–Kier alpha value is -5.53. The second kappa shape index (κ2) is 9.16. The Labute approximate surface area is 211 Å². The van der Waals surface area contributed by atoms with Crippen LogP contribution < -0.4 is 22.3 Å². The standard InChI is InChI=1S/C24H17N5O9/c1-2-36-23(31)18-17(13-5-9-15(10-6-13)29(34)35)19-21(38-24(25)26-19)27-16(22(30)37-20(18)27)11-12-3-7-14(8-4-12)28(32)33/h3-11,17H,2H2,1H3,(H2,25,26)/b16-11+. The number of hydrogen-bond donors (Lipinski definition) is 1. The summed E-state index contributed by atoms with van der Waals surface area (Å²) >= 11 is 0. The van der Waals surface area contributed by atoms with Crippen LogP contribution in [0.25, 0.3) is 17.5 Å². The van der Waals surface area contributed by atoms with Gasteiger partial charge in [-0.2, -0.15) is 4.98 Å². The highest BCUT2D eigenvalue weighted by Crippen LogP contribution is 2.39. The Morgan fingerprint density at radius 2 is 1.68 bits per heavy atom. The zero-order chi connectivity index (χ0) is 27.1. The predicted molar refractivity (Wildman–Crippen MR) is 130 cm³/mol. The van der Waals surface area contributed by atoms with Crippen molar-refractivity contribution >= 4 is 35.0 Å². The molecule has 1 atom stereocenters. The van der Waals surface area contributed by atoms with Crippen LogP contribution in [-0.4, -0.2) is 32.0 Å². The molecule has 0 fully saturated rings. The van der Waals surface area contributed by atoms with Crippen LogP contribution >= 0.6 is 0 Å². The van der Waals surface area contributed by atoms with Gasteiger partial charge in [0.25, 0.3) is 17.4 Å². The highest BCUT2D eigenvalue weighted by Gasteiger charge is 2.39. The van der Waals surface area contributed by atoms with Gasteiger partial charge in [0.15, 0.2) is 0 Å². The van der Waals surface area contributed by atoms with Gasteiger partial charge in [-0.15, -0.1) is 0 Å². The van der Waals surface area contributed by atoms with Crippen LogP contribution in [0, 0.1) is 20.2 Å². The Kier molecular flexibility index (Phi) is 5.83. The van der Waals surface area contributed by atoms with Crippen LogP contribution in [0.3, 0.4) is 0 Å². The molecule has 0 spiro atoms. The number of carbonyl (C=O) groups is 1. The van der Waals surface area contributed by atoms with E-state index in [0.717, 1.165) is 0 Å². The molecule has 1 aliphatic rings. The summed E-state index contributed by atoms with van der Waals surface area (Å²) in [4.78, 5) is 51.5. The third-order valence-corrected chi connectivity index (χ3v) is 5.83. The number of benzene rings is 2. The van der Waals surface area contributed by atoms with Crippen molar-refractivity contribution in [2.75, 3.05) is 12.3 Å². The molecule has 1 aliphatic heterocycles. The normalized spacial score (nSPS) is 14.6. The molecule has 0 saturated carbocycles. The van der Waals surface area contributed by atoms with E-state index in [4.69, 9.17) is 19.3 Å². The van der Waals surface area contributed by atoms with Crippen molar-refractivity contribution in [3.63, 3.8) is 0 Å². The molecule has 0 amide bonds. The van der Waals surface area contributed by atoms with Gasteiger partial charge in [-0.3, -0.25) is 20.2 Å². The van der Waals surface area contributed by atoms with Crippen LogP contribution in [0.1, 0.15) is 29.7 Å². The Morgan fingerprint density at radius 3 is 2.26 bits per heavy atom. The van der Waals surface area contributed by atoms with Crippen molar-refractivity contribution in [3.05, 3.63) is 107 Å². The molecular weight excluding hydrogens is 502 g/mol. The summed E-state index contributed by atoms with van der Waals surface area (Å²) in [6, 6.07) is 10.6. The van der Waals surface area contributed by atoms with Crippen molar-refractivity contribution in [1.29, 1.82) is 0 Å². The minimum absolute atomic E-state index is 0.00656. The van der Waals surface area contributed by atoms with E-state index in [-0.39, 0.29) is 52.0 Å². The summed E-state index contributed by atoms with van der Waals surface area (Å²) < 4.78 is 17.6. The lowest BCUT2D eigenvalue weighted by Gasteiger charge is -2.21. The fourth-order valence-electron chi connectivity index (χ4n) is 4.21. The molecule has 5 rings (SSSR count). The summed E-state index contributed by atoms with van der Waals surface area (Å²) in [7, 11) is 0. The molecule has 38 heavy (non-hydrogen) atoms. The number of nitrogens with two attached hydrogens (primary N) is 1. The maximum absolute atomic E-state index is 13.2. The number of hydrogen-bond acceptors (Lipinski definition) is 11. The number of nitrogen functional groups attached to an aromatic ring is 1. The van der Waals surface area contributed by atoms with E-state index in [9.17, 15) is 29.8 Å². The molecule has 0 aliphatic carbocycles.